The number of ether oxygens (including phenoxy) is 1. The molecule has 0 saturated heterocycles. The molecule has 2 aromatic rings. The lowest BCUT2D eigenvalue weighted by Gasteiger charge is -2.34. The quantitative estimate of drug-likeness (QED) is 0.634. The van der Waals surface area contributed by atoms with Gasteiger partial charge in [-0.1, -0.05) is 37.6 Å². The molecule has 1 aliphatic rings. The maximum atomic E-state index is 13.0. The fraction of sp³-hybridized carbons (Fsp3) is 0.375. The fourth-order valence-corrected chi connectivity index (χ4v) is 3.64. The molecule has 3 amide bonds. The molecule has 32 heavy (non-hydrogen) atoms. The number of fused-ring (bicyclic) bond motifs is 1. The highest BCUT2D eigenvalue weighted by atomic mass is 35.5. The molecule has 2 N–H and O–H groups in total. The van der Waals surface area contributed by atoms with E-state index in [1.165, 1.54) is 0 Å². The van der Waals surface area contributed by atoms with Crippen LogP contribution < -0.4 is 20.3 Å². The Morgan fingerprint density at radius 2 is 1.78 bits per heavy atom. The lowest BCUT2D eigenvalue weighted by Crippen LogP contribution is -2.52. The van der Waals surface area contributed by atoms with Gasteiger partial charge in [-0.15, -0.1) is 0 Å². The first-order chi connectivity index (χ1) is 15.4. The molecule has 0 aliphatic carbocycles. The normalized spacial score (nSPS) is 15.0. The first-order valence-electron chi connectivity index (χ1n) is 10.8. The Labute approximate surface area is 193 Å². The SMILES string of the molecule is CCC(CC)NC(=O)C1CN(C(=O)CCNC(=O)c2ccc(Cl)cc2)c2ccccc2O1. The van der Waals surface area contributed by atoms with Crippen molar-refractivity contribution in [3.63, 3.8) is 0 Å². The van der Waals surface area contributed by atoms with E-state index in [0.717, 1.165) is 12.8 Å². The van der Waals surface area contributed by atoms with Gasteiger partial charge in [0.05, 0.1) is 12.2 Å². The first kappa shape index (κ1) is 23.6. The summed E-state index contributed by atoms with van der Waals surface area (Å²) in [5.41, 5.74) is 1.09. The zero-order valence-electron chi connectivity index (χ0n) is 18.3. The number of rotatable bonds is 8. The Hall–Kier alpha value is -3.06. The summed E-state index contributed by atoms with van der Waals surface area (Å²) in [5, 5.41) is 6.28. The van der Waals surface area contributed by atoms with Gasteiger partial charge in [0, 0.05) is 29.6 Å². The van der Waals surface area contributed by atoms with E-state index < -0.39 is 6.10 Å². The van der Waals surface area contributed by atoms with Crippen molar-refractivity contribution in [2.45, 2.75) is 45.3 Å². The molecule has 0 aromatic heterocycles. The van der Waals surface area contributed by atoms with Gasteiger partial charge in [-0.05, 0) is 49.2 Å². The third-order valence-electron chi connectivity index (χ3n) is 5.43. The summed E-state index contributed by atoms with van der Waals surface area (Å²) < 4.78 is 5.89. The van der Waals surface area contributed by atoms with Gasteiger partial charge < -0.3 is 20.3 Å². The third kappa shape index (κ3) is 5.79. The zero-order valence-corrected chi connectivity index (χ0v) is 19.0. The topological polar surface area (TPSA) is 87.7 Å². The Bertz CT molecular complexity index is 960. The van der Waals surface area contributed by atoms with Gasteiger partial charge in [0.25, 0.3) is 11.8 Å². The Morgan fingerprint density at radius 3 is 2.47 bits per heavy atom. The fourth-order valence-electron chi connectivity index (χ4n) is 3.52. The molecule has 0 saturated carbocycles. The standard InChI is InChI=1S/C24H28ClN3O4/c1-3-18(4-2)27-24(31)21-15-28(19-7-5-6-8-20(19)32-21)22(29)13-14-26-23(30)16-9-11-17(25)12-10-16/h5-12,18,21H,3-4,13-15H2,1-2H3,(H,26,30)(H,27,31). The van der Waals surface area contributed by atoms with Gasteiger partial charge in [0.1, 0.15) is 5.75 Å². The van der Waals surface area contributed by atoms with Crippen LogP contribution in [0.3, 0.4) is 0 Å². The van der Waals surface area contributed by atoms with Gasteiger partial charge in [-0.3, -0.25) is 14.4 Å². The van der Waals surface area contributed by atoms with Crippen molar-refractivity contribution >= 4 is 35.0 Å². The maximum absolute atomic E-state index is 13.0. The van der Waals surface area contributed by atoms with E-state index in [0.29, 0.717) is 22.0 Å². The molecule has 3 rings (SSSR count). The highest BCUT2D eigenvalue weighted by Gasteiger charge is 2.34. The second-order valence-corrected chi connectivity index (χ2v) is 8.05. The van der Waals surface area contributed by atoms with Crippen LogP contribution in [0, 0.1) is 0 Å². The van der Waals surface area contributed by atoms with Crippen molar-refractivity contribution in [2.24, 2.45) is 0 Å². The number of nitrogens with one attached hydrogen (secondary N) is 2. The predicted molar refractivity (Wildman–Crippen MR) is 124 cm³/mol. The van der Waals surface area contributed by atoms with Gasteiger partial charge in [-0.25, -0.2) is 0 Å². The highest BCUT2D eigenvalue weighted by molar-refractivity contribution is 6.30. The second kappa shape index (κ2) is 11.0. The molecule has 1 heterocycles. The number of amides is 3. The van der Waals surface area contributed by atoms with E-state index in [4.69, 9.17) is 16.3 Å². The predicted octanol–water partition coefficient (Wildman–Crippen LogP) is 3.56. The molecule has 0 fully saturated rings. The molecule has 170 valence electrons. The summed E-state index contributed by atoms with van der Waals surface area (Å²) in [6.45, 7) is 4.32. The summed E-state index contributed by atoms with van der Waals surface area (Å²) in [4.78, 5) is 39.6. The van der Waals surface area contributed by atoms with E-state index in [-0.39, 0.29) is 43.3 Å². The molecule has 8 heteroatoms. The Balaban J connectivity index is 1.64. The first-order valence-corrected chi connectivity index (χ1v) is 11.2. The van der Waals surface area contributed by atoms with Crippen LogP contribution in [0.25, 0.3) is 0 Å². The van der Waals surface area contributed by atoms with Crippen molar-refractivity contribution in [2.75, 3.05) is 18.0 Å². The summed E-state index contributed by atoms with van der Waals surface area (Å²) in [6.07, 6.45) is 0.940. The average molecular weight is 458 g/mol. The molecular weight excluding hydrogens is 430 g/mol. The largest absolute Gasteiger partial charge is 0.477 e. The number of anilines is 1. The summed E-state index contributed by atoms with van der Waals surface area (Å²) >= 11 is 5.85. The Kier molecular flexibility index (Phi) is 8.11. The van der Waals surface area contributed by atoms with Crippen LogP contribution in [0.2, 0.25) is 5.02 Å². The second-order valence-electron chi connectivity index (χ2n) is 7.61. The van der Waals surface area contributed by atoms with E-state index in [1.807, 2.05) is 19.9 Å². The molecule has 7 nitrogen and oxygen atoms in total. The van der Waals surface area contributed by atoms with Crippen LogP contribution >= 0.6 is 11.6 Å². The van der Waals surface area contributed by atoms with Crippen LogP contribution in [0.5, 0.6) is 5.75 Å². The van der Waals surface area contributed by atoms with Crippen LogP contribution in [-0.2, 0) is 9.59 Å². The minimum Gasteiger partial charge on any atom is -0.477 e. The summed E-state index contributed by atoms with van der Waals surface area (Å²) in [6, 6.07) is 13.7. The van der Waals surface area contributed by atoms with Crippen LogP contribution in [0.4, 0.5) is 5.69 Å². The van der Waals surface area contributed by atoms with E-state index in [9.17, 15) is 14.4 Å². The van der Waals surface area contributed by atoms with Crippen molar-refractivity contribution < 1.29 is 19.1 Å². The van der Waals surface area contributed by atoms with Gasteiger partial charge >= 0.3 is 0 Å². The lowest BCUT2D eigenvalue weighted by molar-refractivity contribution is -0.129. The van der Waals surface area contributed by atoms with E-state index >= 15 is 0 Å². The van der Waals surface area contributed by atoms with Crippen molar-refractivity contribution in [3.8, 4) is 5.75 Å². The number of hydrogen-bond acceptors (Lipinski definition) is 4. The highest BCUT2D eigenvalue weighted by Crippen LogP contribution is 2.33. The van der Waals surface area contributed by atoms with Crippen molar-refractivity contribution in [1.29, 1.82) is 0 Å². The number of nitrogens with zero attached hydrogens (tertiary/aromatic N) is 1. The maximum Gasteiger partial charge on any atom is 0.263 e. The number of carbonyl (C=O) groups excluding carboxylic acids is 3. The Morgan fingerprint density at radius 1 is 1.09 bits per heavy atom. The molecule has 0 spiro atoms. The van der Waals surface area contributed by atoms with Gasteiger partial charge in [0.2, 0.25) is 5.91 Å². The van der Waals surface area contributed by atoms with Crippen LogP contribution in [0.15, 0.2) is 48.5 Å². The lowest BCUT2D eigenvalue weighted by atomic mass is 10.1. The van der Waals surface area contributed by atoms with E-state index in [1.54, 1.807) is 47.4 Å². The minimum absolute atomic E-state index is 0.0653. The number of para-hydroxylation sites is 2. The molecular formula is C24H28ClN3O4. The molecule has 2 aromatic carbocycles. The number of halogens is 1. The average Bonchev–Trinajstić information content (AvgIpc) is 2.81. The number of carbonyl (C=O) groups is 3. The molecule has 1 aliphatic heterocycles. The smallest absolute Gasteiger partial charge is 0.263 e. The zero-order chi connectivity index (χ0) is 23.1. The molecule has 1 atom stereocenters. The monoisotopic (exact) mass is 457 g/mol. The minimum atomic E-state index is -0.793. The number of hydrogen-bond donors (Lipinski definition) is 2. The molecule has 0 bridgehead atoms. The van der Waals surface area contributed by atoms with Gasteiger partial charge in [0.15, 0.2) is 6.10 Å². The summed E-state index contributed by atoms with van der Waals surface area (Å²) in [7, 11) is 0. The number of benzene rings is 2. The summed E-state index contributed by atoms with van der Waals surface area (Å²) in [5.74, 6) is -0.221. The molecule has 0 radical (unpaired) electrons. The third-order valence-corrected chi connectivity index (χ3v) is 5.68. The van der Waals surface area contributed by atoms with Crippen molar-refractivity contribution in [1.82, 2.24) is 10.6 Å². The van der Waals surface area contributed by atoms with Gasteiger partial charge in [-0.2, -0.15) is 0 Å². The van der Waals surface area contributed by atoms with Crippen LogP contribution in [-0.4, -0.2) is 43.0 Å². The molecule has 1 unspecified atom stereocenters. The van der Waals surface area contributed by atoms with Crippen LogP contribution in [0.1, 0.15) is 43.5 Å². The van der Waals surface area contributed by atoms with E-state index in [2.05, 4.69) is 10.6 Å². The van der Waals surface area contributed by atoms with Crippen molar-refractivity contribution in [3.05, 3.63) is 59.1 Å².